The van der Waals surface area contributed by atoms with Crippen LogP contribution in [0.5, 0.6) is 0 Å². The minimum atomic E-state index is -0.637. The third kappa shape index (κ3) is 4.88. The number of amides is 1. The molecule has 0 bridgehead atoms. The number of carbonyl (C=O) groups excluding carboxylic acids is 1. The number of nitrogens with zero attached hydrogens (tertiary/aromatic N) is 3. The van der Waals surface area contributed by atoms with E-state index in [1.807, 2.05) is 20.8 Å². The molecule has 162 valence electrons. The number of hydrogen-bond acceptors (Lipinski definition) is 5. The molecule has 1 aromatic carbocycles. The number of alkyl carbamates (subject to hydrolysis) is 1. The standard InChI is InChI=1S/C23H25ClN4O3/c1-23(2,3)31-22(30)27-18(12-14-9-10-14)20-26-17-8-4-7-16(24)19(17)21(29)28(20)15-6-5-11-25-13-15/h4-8,11,13-14,18H,9-10,12H2,1-3H3,(H,27,30)/t18-/m0/s1. The Bertz CT molecular complexity index is 1170. The number of halogens is 1. The van der Waals surface area contributed by atoms with Gasteiger partial charge in [-0.05, 0) is 57.4 Å². The summed E-state index contributed by atoms with van der Waals surface area (Å²) in [6.45, 7) is 5.43. The fraction of sp³-hybridized carbons (Fsp3) is 0.391. The minimum absolute atomic E-state index is 0.301. The van der Waals surface area contributed by atoms with Crippen LogP contribution in [0, 0.1) is 5.92 Å². The Morgan fingerprint density at radius 1 is 1.29 bits per heavy atom. The predicted octanol–water partition coefficient (Wildman–Crippen LogP) is 4.80. The highest BCUT2D eigenvalue weighted by Crippen LogP contribution is 2.38. The lowest BCUT2D eigenvalue weighted by molar-refractivity contribution is 0.0496. The van der Waals surface area contributed by atoms with Gasteiger partial charge in [0.1, 0.15) is 11.4 Å². The average Bonchev–Trinajstić information content (AvgIpc) is 3.50. The summed E-state index contributed by atoms with van der Waals surface area (Å²) in [4.78, 5) is 35.1. The number of rotatable bonds is 5. The number of hydrogen-bond donors (Lipinski definition) is 1. The minimum Gasteiger partial charge on any atom is -0.444 e. The number of aromatic nitrogens is 3. The van der Waals surface area contributed by atoms with E-state index in [0.29, 0.717) is 39.8 Å². The molecule has 4 rings (SSSR count). The Kier molecular flexibility index (Phi) is 5.71. The van der Waals surface area contributed by atoms with Crippen LogP contribution in [0.1, 0.15) is 51.9 Å². The van der Waals surface area contributed by atoms with Crippen molar-refractivity contribution in [2.24, 2.45) is 5.92 Å². The molecule has 0 radical (unpaired) electrons. The summed E-state index contributed by atoms with van der Waals surface area (Å²) in [6.07, 6.45) is 5.52. The summed E-state index contributed by atoms with van der Waals surface area (Å²) in [5.41, 5.74) is 0.107. The highest BCUT2D eigenvalue weighted by Gasteiger charge is 2.32. The Balaban J connectivity index is 1.88. The van der Waals surface area contributed by atoms with Crippen molar-refractivity contribution < 1.29 is 9.53 Å². The first-order valence-corrected chi connectivity index (χ1v) is 10.7. The molecule has 0 spiro atoms. The van der Waals surface area contributed by atoms with Crippen LogP contribution < -0.4 is 10.9 Å². The Morgan fingerprint density at radius 3 is 2.71 bits per heavy atom. The van der Waals surface area contributed by atoms with E-state index in [1.54, 1.807) is 42.7 Å². The van der Waals surface area contributed by atoms with Crippen LogP contribution in [0.4, 0.5) is 4.79 Å². The Labute approximate surface area is 185 Å². The maximum atomic E-state index is 13.6. The second-order valence-corrected chi connectivity index (χ2v) is 9.24. The molecular formula is C23H25ClN4O3. The van der Waals surface area contributed by atoms with Crippen molar-refractivity contribution in [2.45, 2.75) is 51.7 Å². The van der Waals surface area contributed by atoms with E-state index in [9.17, 15) is 9.59 Å². The third-order valence-electron chi connectivity index (χ3n) is 5.05. The lowest BCUT2D eigenvalue weighted by Gasteiger charge is -2.25. The van der Waals surface area contributed by atoms with Crippen molar-refractivity contribution in [1.29, 1.82) is 0 Å². The molecule has 8 heteroatoms. The first-order valence-electron chi connectivity index (χ1n) is 10.3. The number of benzene rings is 1. The summed E-state index contributed by atoms with van der Waals surface area (Å²) >= 11 is 6.35. The Morgan fingerprint density at radius 2 is 2.06 bits per heavy atom. The molecule has 1 N–H and O–H groups in total. The van der Waals surface area contributed by atoms with Gasteiger partial charge in [-0.25, -0.2) is 9.78 Å². The molecule has 7 nitrogen and oxygen atoms in total. The number of fused-ring (bicyclic) bond motifs is 1. The quantitative estimate of drug-likeness (QED) is 0.615. The van der Waals surface area contributed by atoms with Gasteiger partial charge in [-0.15, -0.1) is 0 Å². The largest absolute Gasteiger partial charge is 0.444 e. The summed E-state index contributed by atoms with van der Waals surface area (Å²) in [7, 11) is 0. The average molecular weight is 441 g/mol. The van der Waals surface area contributed by atoms with Crippen LogP contribution in [0.25, 0.3) is 16.6 Å². The van der Waals surface area contributed by atoms with Gasteiger partial charge in [0.05, 0.1) is 33.9 Å². The van der Waals surface area contributed by atoms with E-state index in [2.05, 4.69) is 10.3 Å². The summed E-state index contributed by atoms with van der Waals surface area (Å²) in [6, 6.07) is 8.21. The van der Waals surface area contributed by atoms with Gasteiger partial charge < -0.3 is 10.1 Å². The summed E-state index contributed by atoms with van der Waals surface area (Å²) in [5.74, 6) is 0.903. The van der Waals surface area contributed by atoms with E-state index < -0.39 is 17.7 Å². The molecule has 0 unspecified atom stereocenters. The number of carbonyl (C=O) groups is 1. The fourth-order valence-electron chi connectivity index (χ4n) is 3.54. The van der Waals surface area contributed by atoms with E-state index in [0.717, 1.165) is 12.8 Å². The predicted molar refractivity (Wildman–Crippen MR) is 120 cm³/mol. The zero-order valence-corrected chi connectivity index (χ0v) is 18.5. The maximum absolute atomic E-state index is 13.6. The second kappa shape index (κ2) is 8.30. The zero-order chi connectivity index (χ0) is 22.2. The lowest BCUT2D eigenvalue weighted by Crippen LogP contribution is -2.38. The molecule has 1 atom stereocenters. The van der Waals surface area contributed by atoms with Gasteiger partial charge in [0.2, 0.25) is 0 Å². The van der Waals surface area contributed by atoms with Crippen molar-refractivity contribution in [3.63, 3.8) is 0 Å². The molecule has 2 heterocycles. The fourth-order valence-corrected chi connectivity index (χ4v) is 3.79. The third-order valence-corrected chi connectivity index (χ3v) is 5.36. The van der Waals surface area contributed by atoms with Crippen LogP contribution in [0.2, 0.25) is 5.02 Å². The van der Waals surface area contributed by atoms with Gasteiger partial charge in [-0.1, -0.05) is 30.5 Å². The van der Waals surface area contributed by atoms with Crippen LogP contribution in [0.15, 0.2) is 47.5 Å². The molecule has 31 heavy (non-hydrogen) atoms. The van der Waals surface area contributed by atoms with Gasteiger partial charge in [0.15, 0.2) is 0 Å². The van der Waals surface area contributed by atoms with E-state index in [-0.39, 0.29) is 5.56 Å². The lowest BCUT2D eigenvalue weighted by atomic mass is 10.1. The molecule has 3 aromatic rings. The Hall–Kier alpha value is -2.93. The normalized spacial score (nSPS) is 15.0. The smallest absolute Gasteiger partial charge is 0.408 e. The monoisotopic (exact) mass is 440 g/mol. The topological polar surface area (TPSA) is 86.1 Å². The molecule has 1 saturated carbocycles. The van der Waals surface area contributed by atoms with E-state index >= 15 is 0 Å². The van der Waals surface area contributed by atoms with E-state index in [1.165, 1.54) is 4.57 Å². The van der Waals surface area contributed by atoms with Gasteiger partial charge in [-0.2, -0.15) is 0 Å². The molecule has 1 amide bonds. The molecule has 1 fully saturated rings. The van der Waals surface area contributed by atoms with Crippen LogP contribution in [-0.4, -0.2) is 26.2 Å². The number of nitrogens with one attached hydrogen (secondary N) is 1. The van der Waals surface area contributed by atoms with Gasteiger partial charge >= 0.3 is 6.09 Å². The van der Waals surface area contributed by atoms with Crippen LogP contribution >= 0.6 is 11.6 Å². The highest BCUT2D eigenvalue weighted by molar-refractivity contribution is 6.35. The molecule has 1 aliphatic rings. The first kappa shape index (κ1) is 21.3. The van der Waals surface area contributed by atoms with E-state index in [4.69, 9.17) is 21.3 Å². The number of pyridine rings is 1. The molecule has 2 aromatic heterocycles. The second-order valence-electron chi connectivity index (χ2n) is 8.83. The molecule has 0 saturated heterocycles. The number of ether oxygens (including phenoxy) is 1. The molecule has 1 aliphatic carbocycles. The first-order chi connectivity index (χ1) is 14.7. The van der Waals surface area contributed by atoms with Gasteiger partial charge in [0.25, 0.3) is 5.56 Å². The molecular weight excluding hydrogens is 416 g/mol. The molecule has 0 aliphatic heterocycles. The summed E-state index contributed by atoms with van der Waals surface area (Å²) in [5, 5.41) is 3.61. The van der Waals surface area contributed by atoms with Crippen molar-refractivity contribution in [1.82, 2.24) is 19.9 Å². The highest BCUT2D eigenvalue weighted by atomic mass is 35.5. The van der Waals surface area contributed by atoms with Crippen LogP contribution in [-0.2, 0) is 4.74 Å². The van der Waals surface area contributed by atoms with Crippen molar-refractivity contribution in [2.75, 3.05) is 0 Å². The van der Waals surface area contributed by atoms with Crippen molar-refractivity contribution in [3.05, 3.63) is 63.9 Å². The van der Waals surface area contributed by atoms with Crippen molar-refractivity contribution in [3.8, 4) is 5.69 Å². The van der Waals surface area contributed by atoms with Gasteiger partial charge in [-0.3, -0.25) is 14.3 Å². The van der Waals surface area contributed by atoms with Crippen LogP contribution in [0.3, 0.4) is 0 Å². The summed E-state index contributed by atoms with van der Waals surface area (Å²) < 4.78 is 6.97. The maximum Gasteiger partial charge on any atom is 0.408 e. The van der Waals surface area contributed by atoms with Gasteiger partial charge in [0, 0.05) is 6.20 Å². The zero-order valence-electron chi connectivity index (χ0n) is 17.8. The SMILES string of the molecule is CC(C)(C)OC(=O)N[C@@H](CC1CC1)c1nc2cccc(Cl)c2c(=O)n1-c1cccnc1. The van der Waals surface area contributed by atoms with Crippen molar-refractivity contribution >= 4 is 28.6 Å².